The van der Waals surface area contributed by atoms with Crippen molar-refractivity contribution in [1.29, 1.82) is 0 Å². The summed E-state index contributed by atoms with van der Waals surface area (Å²) in [5.41, 5.74) is -0.620. The standard InChI is InChI=1S/C25H30F3N5O3/c26-25(27,28)22-18-21(33(35)36)6-7-23(22)29-19-8-12-32(13-9-19)24(34)10-11-30-14-16-31(17-15-30)20-4-2-1-3-5-20/h1-7,18-19,29H,8-17H2. The molecule has 2 aliphatic rings. The van der Waals surface area contributed by atoms with Gasteiger partial charge in [-0.05, 0) is 31.0 Å². The fraction of sp³-hybridized carbons (Fsp3) is 0.480. The van der Waals surface area contributed by atoms with Crippen LogP contribution in [0.1, 0.15) is 24.8 Å². The smallest absolute Gasteiger partial charge is 0.382 e. The molecule has 0 bridgehead atoms. The highest BCUT2D eigenvalue weighted by Crippen LogP contribution is 2.37. The average Bonchev–Trinajstić information content (AvgIpc) is 2.88. The first-order valence-corrected chi connectivity index (χ1v) is 12.1. The van der Waals surface area contributed by atoms with Gasteiger partial charge in [0.25, 0.3) is 5.69 Å². The quantitative estimate of drug-likeness (QED) is 0.448. The number of nitro groups is 1. The van der Waals surface area contributed by atoms with E-state index in [4.69, 9.17) is 0 Å². The summed E-state index contributed by atoms with van der Waals surface area (Å²) < 4.78 is 40.3. The predicted octanol–water partition coefficient (Wildman–Crippen LogP) is 4.23. The van der Waals surface area contributed by atoms with Crippen LogP contribution in [0.2, 0.25) is 0 Å². The van der Waals surface area contributed by atoms with Crippen molar-refractivity contribution in [3.63, 3.8) is 0 Å². The summed E-state index contributed by atoms with van der Waals surface area (Å²) in [5, 5.41) is 13.8. The van der Waals surface area contributed by atoms with E-state index < -0.39 is 22.4 Å². The van der Waals surface area contributed by atoms with Gasteiger partial charge in [-0.3, -0.25) is 19.8 Å². The van der Waals surface area contributed by atoms with Gasteiger partial charge in [0.15, 0.2) is 0 Å². The molecule has 36 heavy (non-hydrogen) atoms. The van der Waals surface area contributed by atoms with Crippen LogP contribution in [-0.2, 0) is 11.0 Å². The number of para-hydroxylation sites is 1. The molecule has 2 aromatic carbocycles. The predicted molar refractivity (Wildman–Crippen MR) is 131 cm³/mol. The number of carbonyl (C=O) groups excluding carboxylic acids is 1. The molecule has 2 aromatic rings. The maximum Gasteiger partial charge on any atom is 0.418 e. The fourth-order valence-corrected chi connectivity index (χ4v) is 4.78. The number of piperazine rings is 1. The topological polar surface area (TPSA) is 82.0 Å². The lowest BCUT2D eigenvalue weighted by atomic mass is 10.0. The summed E-state index contributed by atoms with van der Waals surface area (Å²) in [4.78, 5) is 29.2. The number of likely N-dealkylation sites (tertiary alicyclic amines) is 1. The summed E-state index contributed by atoms with van der Waals surface area (Å²) in [6.45, 7) is 5.24. The van der Waals surface area contributed by atoms with Crippen LogP contribution < -0.4 is 10.2 Å². The zero-order valence-corrected chi connectivity index (χ0v) is 19.9. The Balaban J connectivity index is 1.22. The van der Waals surface area contributed by atoms with Gasteiger partial charge in [0.2, 0.25) is 5.91 Å². The minimum absolute atomic E-state index is 0.0604. The molecule has 2 aliphatic heterocycles. The normalized spacial score (nSPS) is 17.8. The Morgan fingerprint density at radius 1 is 1.00 bits per heavy atom. The van der Waals surface area contributed by atoms with E-state index in [0.29, 0.717) is 45.0 Å². The molecule has 0 unspecified atom stereocenters. The monoisotopic (exact) mass is 505 g/mol. The van der Waals surface area contributed by atoms with E-state index >= 15 is 0 Å². The lowest BCUT2D eigenvalue weighted by molar-refractivity contribution is -0.385. The van der Waals surface area contributed by atoms with E-state index in [2.05, 4.69) is 27.2 Å². The van der Waals surface area contributed by atoms with E-state index in [1.807, 2.05) is 18.2 Å². The van der Waals surface area contributed by atoms with Crippen molar-refractivity contribution in [1.82, 2.24) is 9.80 Å². The molecular weight excluding hydrogens is 475 g/mol. The second-order valence-electron chi connectivity index (χ2n) is 9.20. The van der Waals surface area contributed by atoms with Crippen LogP contribution in [0.5, 0.6) is 0 Å². The van der Waals surface area contributed by atoms with E-state index in [9.17, 15) is 28.1 Å². The summed E-state index contributed by atoms with van der Waals surface area (Å²) in [7, 11) is 0. The van der Waals surface area contributed by atoms with E-state index in [1.54, 1.807) is 4.90 Å². The number of hydrogen-bond donors (Lipinski definition) is 1. The zero-order chi connectivity index (χ0) is 25.7. The van der Waals surface area contributed by atoms with Crippen molar-refractivity contribution in [2.75, 3.05) is 56.0 Å². The van der Waals surface area contributed by atoms with Crippen LogP contribution in [0, 0.1) is 10.1 Å². The van der Waals surface area contributed by atoms with Gasteiger partial charge in [-0.25, -0.2) is 0 Å². The van der Waals surface area contributed by atoms with Gasteiger partial charge in [-0.1, -0.05) is 18.2 Å². The maximum absolute atomic E-state index is 13.4. The van der Waals surface area contributed by atoms with Gasteiger partial charge in [-0.2, -0.15) is 13.2 Å². The average molecular weight is 506 g/mol. The number of piperidine rings is 1. The molecule has 0 aromatic heterocycles. The Hall–Kier alpha value is -3.34. The number of nitro benzene ring substituents is 1. The highest BCUT2D eigenvalue weighted by atomic mass is 19.4. The first-order valence-electron chi connectivity index (χ1n) is 12.1. The second-order valence-corrected chi connectivity index (χ2v) is 9.20. The number of halogens is 3. The minimum Gasteiger partial charge on any atom is -0.382 e. The Morgan fingerprint density at radius 3 is 2.28 bits per heavy atom. The van der Waals surface area contributed by atoms with Crippen molar-refractivity contribution in [3.8, 4) is 0 Å². The van der Waals surface area contributed by atoms with Crippen LogP contribution in [0.15, 0.2) is 48.5 Å². The molecule has 0 atom stereocenters. The molecule has 0 radical (unpaired) electrons. The Morgan fingerprint density at radius 2 is 1.67 bits per heavy atom. The molecule has 1 amide bonds. The molecule has 8 nitrogen and oxygen atoms in total. The van der Waals surface area contributed by atoms with Gasteiger partial charge in [0, 0.05) is 81.8 Å². The Bertz CT molecular complexity index is 1050. The molecule has 1 N–H and O–H groups in total. The van der Waals surface area contributed by atoms with Crippen LogP contribution in [0.4, 0.5) is 30.2 Å². The van der Waals surface area contributed by atoms with Gasteiger partial charge in [-0.15, -0.1) is 0 Å². The third kappa shape index (κ3) is 6.45. The molecule has 0 saturated carbocycles. The third-order valence-corrected chi connectivity index (χ3v) is 6.86. The van der Waals surface area contributed by atoms with Crippen LogP contribution >= 0.6 is 0 Å². The van der Waals surface area contributed by atoms with E-state index in [0.717, 1.165) is 38.3 Å². The number of amides is 1. The number of benzene rings is 2. The van der Waals surface area contributed by atoms with Gasteiger partial charge in [0.1, 0.15) is 0 Å². The molecular formula is C25H30F3N5O3. The van der Waals surface area contributed by atoms with E-state index in [-0.39, 0.29) is 17.6 Å². The second kappa shape index (κ2) is 11.2. The van der Waals surface area contributed by atoms with Crippen LogP contribution in [0.3, 0.4) is 0 Å². The third-order valence-electron chi connectivity index (χ3n) is 6.86. The molecule has 0 spiro atoms. The number of rotatable bonds is 7. The lowest BCUT2D eigenvalue weighted by Crippen LogP contribution is -2.48. The van der Waals surface area contributed by atoms with Crippen molar-refractivity contribution in [2.45, 2.75) is 31.5 Å². The molecule has 2 fully saturated rings. The number of hydrogen-bond acceptors (Lipinski definition) is 6. The van der Waals surface area contributed by atoms with Gasteiger partial charge >= 0.3 is 6.18 Å². The number of nitrogens with one attached hydrogen (secondary N) is 1. The van der Waals surface area contributed by atoms with Crippen molar-refractivity contribution in [2.24, 2.45) is 0 Å². The van der Waals surface area contributed by atoms with Gasteiger partial charge < -0.3 is 15.1 Å². The zero-order valence-electron chi connectivity index (χ0n) is 19.9. The SMILES string of the molecule is O=C(CCN1CCN(c2ccccc2)CC1)N1CCC(Nc2ccc([N+](=O)[O-])cc2C(F)(F)F)CC1. The first-order chi connectivity index (χ1) is 17.2. The minimum atomic E-state index is -4.71. The molecule has 2 saturated heterocycles. The number of anilines is 2. The number of non-ortho nitro benzene ring substituents is 1. The molecule has 2 heterocycles. The first kappa shape index (κ1) is 25.7. The van der Waals surface area contributed by atoms with Crippen LogP contribution in [-0.4, -0.2) is 72.5 Å². The largest absolute Gasteiger partial charge is 0.418 e. The highest BCUT2D eigenvalue weighted by Gasteiger charge is 2.36. The van der Waals surface area contributed by atoms with Gasteiger partial charge in [0.05, 0.1) is 10.5 Å². The highest BCUT2D eigenvalue weighted by molar-refractivity contribution is 5.76. The maximum atomic E-state index is 13.4. The van der Waals surface area contributed by atoms with Crippen molar-refractivity contribution in [3.05, 3.63) is 64.2 Å². The summed E-state index contributed by atoms with van der Waals surface area (Å²) in [6, 6.07) is 12.7. The number of alkyl halides is 3. The van der Waals surface area contributed by atoms with E-state index in [1.165, 1.54) is 5.69 Å². The summed E-state index contributed by atoms with van der Waals surface area (Å²) in [5.74, 6) is 0.0604. The molecule has 194 valence electrons. The molecule has 4 rings (SSSR count). The lowest BCUT2D eigenvalue weighted by Gasteiger charge is -2.37. The Kier molecular flexibility index (Phi) is 7.97. The molecule has 11 heteroatoms. The number of carbonyl (C=O) groups is 1. The van der Waals surface area contributed by atoms with Crippen molar-refractivity contribution < 1.29 is 22.9 Å². The summed E-state index contributed by atoms with van der Waals surface area (Å²) in [6.07, 6.45) is -3.27. The fourth-order valence-electron chi connectivity index (χ4n) is 4.78. The summed E-state index contributed by atoms with van der Waals surface area (Å²) >= 11 is 0. The number of nitrogens with zero attached hydrogens (tertiary/aromatic N) is 4. The Labute approximate surface area is 207 Å². The van der Waals surface area contributed by atoms with Crippen molar-refractivity contribution >= 4 is 23.0 Å². The molecule has 0 aliphatic carbocycles. The van der Waals surface area contributed by atoms with Crippen LogP contribution in [0.25, 0.3) is 0 Å².